The fourth-order valence-corrected chi connectivity index (χ4v) is 1.94. The number of carboxylic acids is 2. The topological polar surface area (TPSA) is 100 Å². The van der Waals surface area contributed by atoms with Gasteiger partial charge in [0.1, 0.15) is 11.4 Å². The molecule has 0 aliphatic heterocycles. The lowest BCUT2D eigenvalue weighted by Crippen LogP contribution is -2.02. The van der Waals surface area contributed by atoms with Crippen molar-refractivity contribution in [1.29, 1.82) is 0 Å². The monoisotopic (exact) mass is 269 g/mol. The summed E-state index contributed by atoms with van der Waals surface area (Å²) in [4.78, 5) is 30.1. The number of aromatic carboxylic acids is 2. The van der Waals surface area contributed by atoms with Crippen LogP contribution >= 0.6 is 0 Å². The van der Waals surface area contributed by atoms with Gasteiger partial charge in [-0.2, -0.15) is 0 Å². The molecule has 3 aromatic rings. The second-order valence-electron chi connectivity index (χ2n) is 4.13. The first-order chi connectivity index (χ1) is 9.97. The van der Waals surface area contributed by atoms with Gasteiger partial charge in [0.05, 0.1) is 12.4 Å². The molecular formula is C14H8N2O4. The molecule has 0 spiro atoms. The summed E-state index contributed by atoms with van der Waals surface area (Å²) in [5, 5.41) is 19.2. The van der Waals surface area contributed by atoms with E-state index in [1.807, 2.05) is 0 Å². The molecule has 0 aliphatic carbocycles. The first-order valence-electron chi connectivity index (χ1n) is 6.15. The third-order valence-electron chi connectivity index (χ3n) is 2.88. The summed E-state index contributed by atoms with van der Waals surface area (Å²) in [6, 6.07) is 7.54. The maximum atomic E-state index is 11.1. The van der Waals surface area contributed by atoms with Gasteiger partial charge in [0.2, 0.25) is 0 Å². The minimum atomic E-state index is -1.31. The Labute approximate surface area is 113 Å². The van der Waals surface area contributed by atoms with Gasteiger partial charge in [0.25, 0.3) is 0 Å². The molecular weight excluding hydrogens is 260 g/mol. The minimum absolute atomic E-state index is 0.149. The average Bonchev–Trinajstić information content (AvgIpc) is 2.45. The van der Waals surface area contributed by atoms with Gasteiger partial charge in [0.15, 0.2) is 0 Å². The van der Waals surface area contributed by atoms with Crippen LogP contribution in [0.2, 0.25) is 0 Å². The van der Waals surface area contributed by atoms with Crippen molar-refractivity contribution in [1.82, 2.24) is 9.97 Å². The van der Waals surface area contributed by atoms with Crippen molar-refractivity contribution in [3.8, 4) is 0 Å². The molecule has 0 radical (unpaired) electrons. The molecule has 98 valence electrons. The molecule has 1 aromatic carbocycles. The van der Waals surface area contributed by atoms with Crippen LogP contribution in [0.25, 0.3) is 21.8 Å². The molecule has 2 aromatic heterocycles. The maximum Gasteiger partial charge on any atom is 0.354 e. The number of nitrogens with zero attached hydrogens (tertiary/aromatic N) is 2. The molecule has 0 aliphatic rings. The maximum absolute atomic E-state index is 11.1. The smallest absolute Gasteiger partial charge is 0.354 e. The van der Waals surface area contributed by atoms with Gasteiger partial charge in [-0.15, -0.1) is 0 Å². The Kier molecular flexibility index (Phi) is 2.32. The first-order valence-corrected chi connectivity index (χ1v) is 5.65. The van der Waals surface area contributed by atoms with Crippen molar-refractivity contribution >= 4 is 33.7 Å². The molecule has 0 atom stereocenters. The molecule has 0 bridgehead atoms. The minimum Gasteiger partial charge on any atom is -0.477 e. The molecule has 0 saturated carbocycles. The van der Waals surface area contributed by atoms with Crippen molar-refractivity contribution in [2.45, 2.75) is 0 Å². The zero-order valence-corrected chi connectivity index (χ0v) is 9.99. The lowest BCUT2D eigenvalue weighted by atomic mass is 10.1. The Morgan fingerprint density at radius 1 is 0.850 bits per heavy atom. The Hall–Kier alpha value is -3.02. The molecule has 0 unspecified atom stereocenters. The lowest BCUT2D eigenvalue weighted by molar-refractivity contribution is 0.0680. The van der Waals surface area contributed by atoms with E-state index in [9.17, 15) is 9.59 Å². The average molecular weight is 269 g/mol. The Morgan fingerprint density at radius 3 is 1.95 bits per heavy atom. The van der Waals surface area contributed by atoms with Gasteiger partial charge in [-0.3, -0.25) is 0 Å². The quantitative estimate of drug-likeness (QED) is 0.691. The fourth-order valence-electron chi connectivity index (χ4n) is 1.94. The van der Waals surface area contributed by atoms with E-state index in [0.29, 0.717) is 16.3 Å². The second kappa shape index (κ2) is 4.27. The molecule has 6 heteroatoms. The number of benzene rings is 1. The fraction of sp³-hybridized carbons (Fsp3) is 0. The van der Waals surface area contributed by atoms with Crippen LogP contribution in [0, 0.1) is 0 Å². The van der Waals surface area contributed by atoms with Crippen molar-refractivity contribution in [2.75, 3.05) is 0 Å². The van der Waals surface area contributed by atoms with Crippen LogP contribution in [-0.2, 0) is 0 Å². The highest BCUT2D eigenvalue weighted by molar-refractivity contribution is 6.05. The molecule has 2 heterocycles. The van der Waals surface area contributed by atoms with E-state index in [1.165, 1.54) is 12.1 Å². The molecule has 3 rings (SSSR count). The first kappa shape index (κ1) is 10.9. The number of aromatic nitrogens is 2. The Bertz CT molecular complexity index is 924. The van der Waals surface area contributed by atoms with Crippen LogP contribution in [-0.4, -0.2) is 32.1 Å². The second-order valence-corrected chi connectivity index (χ2v) is 4.13. The summed E-state index contributed by atoms with van der Waals surface area (Å²) in [6.07, 6.45) is 0. The highest BCUT2D eigenvalue weighted by atomic mass is 16.4. The van der Waals surface area contributed by atoms with Crippen molar-refractivity contribution in [2.24, 2.45) is 0 Å². The summed E-state index contributed by atoms with van der Waals surface area (Å²) in [6.45, 7) is 0. The van der Waals surface area contributed by atoms with E-state index in [0.717, 1.165) is 0 Å². The van der Waals surface area contributed by atoms with Gasteiger partial charge in [-0.1, -0.05) is 24.3 Å². The SMILES string of the molecule is [2H]c1cc2ccc3ccc(C(=O)O)nc3c2nc1C(=O)O. The number of fused-ring (bicyclic) bond motifs is 3. The number of carbonyl (C=O) groups is 2. The molecule has 0 amide bonds. The van der Waals surface area contributed by atoms with Crippen molar-refractivity contribution in [3.63, 3.8) is 0 Å². The Morgan fingerprint density at radius 2 is 1.35 bits per heavy atom. The van der Waals surface area contributed by atoms with Crippen LogP contribution in [0.4, 0.5) is 0 Å². The third-order valence-corrected chi connectivity index (χ3v) is 2.88. The van der Waals surface area contributed by atoms with Crippen LogP contribution in [0.5, 0.6) is 0 Å². The van der Waals surface area contributed by atoms with E-state index in [2.05, 4.69) is 9.97 Å². The third kappa shape index (κ3) is 1.83. The van der Waals surface area contributed by atoms with E-state index < -0.39 is 17.6 Å². The van der Waals surface area contributed by atoms with E-state index in [1.54, 1.807) is 18.2 Å². The normalized spacial score (nSPS) is 11.5. The molecule has 0 fully saturated rings. The zero-order chi connectivity index (χ0) is 15.1. The number of hydrogen-bond donors (Lipinski definition) is 2. The van der Waals surface area contributed by atoms with Gasteiger partial charge < -0.3 is 10.2 Å². The van der Waals surface area contributed by atoms with Crippen LogP contribution in [0.1, 0.15) is 22.3 Å². The molecule has 6 nitrogen and oxygen atoms in total. The van der Waals surface area contributed by atoms with E-state index in [-0.39, 0.29) is 17.3 Å². The number of rotatable bonds is 2. The summed E-state index contributed by atoms with van der Waals surface area (Å²) in [7, 11) is 0. The van der Waals surface area contributed by atoms with Crippen molar-refractivity contribution < 1.29 is 21.2 Å². The lowest BCUT2D eigenvalue weighted by Gasteiger charge is -2.04. The number of carboxylic acid groups (broad SMARTS) is 2. The summed E-state index contributed by atoms with van der Waals surface area (Å²) in [5.74, 6) is -2.49. The Balaban J connectivity index is 2.44. The van der Waals surface area contributed by atoms with E-state index >= 15 is 0 Å². The summed E-state index contributed by atoms with van der Waals surface area (Å²) >= 11 is 0. The largest absolute Gasteiger partial charge is 0.477 e. The van der Waals surface area contributed by atoms with Crippen LogP contribution in [0.3, 0.4) is 0 Å². The summed E-state index contributed by atoms with van der Waals surface area (Å²) < 4.78 is 7.64. The number of hydrogen-bond acceptors (Lipinski definition) is 4. The molecule has 20 heavy (non-hydrogen) atoms. The van der Waals surface area contributed by atoms with Crippen LogP contribution < -0.4 is 0 Å². The number of pyridine rings is 2. The predicted molar refractivity (Wildman–Crippen MR) is 71.0 cm³/mol. The zero-order valence-electron chi connectivity index (χ0n) is 11.0. The van der Waals surface area contributed by atoms with Crippen molar-refractivity contribution in [3.05, 3.63) is 47.8 Å². The van der Waals surface area contributed by atoms with E-state index in [4.69, 9.17) is 11.6 Å². The predicted octanol–water partition coefficient (Wildman–Crippen LogP) is 2.18. The van der Waals surface area contributed by atoms with Gasteiger partial charge in [-0.05, 0) is 12.1 Å². The highest BCUT2D eigenvalue weighted by Gasteiger charge is 2.11. The van der Waals surface area contributed by atoms with Gasteiger partial charge in [0, 0.05) is 10.8 Å². The summed E-state index contributed by atoms with van der Waals surface area (Å²) in [5.41, 5.74) is 0.0278. The van der Waals surface area contributed by atoms with Crippen LogP contribution in [0.15, 0.2) is 36.4 Å². The molecule has 0 saturated heterocycles. The molecule has 2 N–H and O–H groups in total. The van der Waals surface area contributed by atoms with Gasteiger partial charge in [-0.25, -0.2) is 19.6 Å². The highest BCUT2D eigenvalue weighted by Crippen LogP contribution is 2.23. The van der Waals surface area contributed by atoms with Gasteiger partial charge >= 0.3 is 11.9 Å². The standard InChI is InChI=1S/C14H8N2O4/c17-13(18)9-5-3-7-1-2-8-4-6-10(14(19)20)16-12(8)11(7)15-9/h1-6H,(H,17,18)(H,19,20)/i5D.